The van der Waals surface area contributed by atoms with Crippen molar-refractivity contribution in [3.63, 3.8) is 0 Å². The zero-order valence-corrected chi connectivity index (χ0v) is 6.82. The first-order valence-corrected chi connectivity index (χ1v) is 3.84. The maximum absolute atomic E-state index is 3.95. The maximum Gasteiger partial charge on any atom is 0.165 e. The second-order valence-corrected chi connectivity index (χ2v) is 2.03. The van der Waals surface area contributed by atoms with Gasteiger partial charge in [-0.2, -0.15) is 4.40 Å². The fraction of sp³-hybridized carbons (Fsp3) is 0.143. The molecule has 0 radical (unpaired) electrons. The number of rotatable bonds is 3. The van der Waals surface area contributed by atoms with Gasteiger partial charge in [0.2, 0.25) is 0 Å². The van der Waals surface area contributed by atoms with Crippen LogP contribution in [-0.4, -0.2) is 18.8 Å². The number of amidine groups is 1. The van der Waals surface area contributed by atoms with Crippen molar-refractivity contribution in [2.24, 2.45) is 9.39 Å². The second-order valence-electron chi connectivity index (χ2n) is 1.48. The summed E-state index contributed by atoms with van der Waals surface area (Å²) in [6.45, 7) is 10.5. The van der Waals surface area contributed by atoms with E-state index in [0.29, 0.717) is 11.4 Å². The summed E-state index contributed by atoms with van der Waals surface area (Å²) in [5, 5.41) is 0. The Hall–Kier alpha value is -0.830. The van der Waals surface area contributed by atoms with Crippen LogP contribution >= 0.6 is 11.9 Å². The molecule has 0 fully saturated rings. The minimum atomic E-state index is 0.544. The highest BCUT2D eigenvalue weighted by atomic mass is 32.2. The van der Waals surface area contributed by atoms with E-state index in [1.165, 1.54) is 11.9 Å². The molecule has 0 rings (SSSR count). The molecule has 0 aromatic heterocycles. The Kier molecular flexibility index (Phi) is 4.58. The van der Waals surface area contributed by atoms with Gasteiger partial charge in [-0.3, -0.25) is 0 Å². The fourth-order valence-corrected chi connectivity index (χ4v) is 0.715. The van der Waals surface area contributed by atoms with Crippen LogP contribution in [0.2, 0.25) is 0 Å². The van der Waals surface area contributed by atoms with E-state index in [2.05, 4.69) is 29.3 Å². The highest BCUT2D eigenvalue weighted by molar-refractivity contribution is 7.97. The van der Waals surface area contributed by atoms with Gasteiger partial charge < -0.3 is 0 Å². The zero-order valence-electron chi connectivity index (χ0n) is 6.00. The molecule has 10 heavy (non-hydrogen) atoms. The van der Waals surface area contributed by atoms with Crippen molar-refractivity contribution in [3.05, 3.63) is 24.8 Å². The standard InChI is InChI=1S/C7H10N2S/c1-5-6(2)7(8-3)9-10-4/h5H,1-3H2,4H3/b9-7+. The summed E-state index contributed by atoms with van der Waals surface area (Å²) >= 11 is 1.32. The van der Waals surface area contributed by atoms with Crippen LogP contribution in [0.5, 0.6) is 0 Å². The molecule has 0 amide bonds. The van der Waals surface area contributed by atoms with Crippen molar-refractivity contribution < 1.29 is 0 Å². The van der Waals surface area contributed by atoms with Crippen LogP contribution in [0, 0.1) is 0 Å². The third kappa shape index (κ3) is 2.64. The molecule has 0 saturated heterocycles. The molecule has 0 aromatic rings. The van der Waals surface area contributed by atoms with Gasteiger partial charge in [-0.1, -0.05) is 19.2 Å². The first kappa shape index (κ1) is 9.17. The van der Waals surface area contributed by atoms with Crippen LogP contribution in [0.1, 0.15) is 0 Å². The predicted octanol–water partition coefficient (Wildman–Crippen LogP) is 2.11. The van der Waals surface area contributed by atoms with Gasteiger partial charge >= 0.3 is 0 Å². The average molecular weight is 154 g/mol. The summed E-state index contributed by atoms with van der Waals surface area (Å²) in [5.74, 6) is 0.544. The summed E-state index contributed by atoms with van der Waals surface area (Å²) in [6.07, 6.45) is 3.45. The van der Waals surface area contributed by atoms with Gasteiger partial charge in [0, 0.05) is 11.8 Å². The summed E-state index contributed by atoms with van der Waals surface area (Å²) in [6, 6.07) is 0. The molecule has 0 aromatic carbocycles. The van der Waals surface area contributed by atoms with E-state index in [0.717, 1.165) is 0 Å². The minimum absolute atomic E-state index is 0.544. The Balaban J connectivity index is 4.34. The average Bonchev–Trinajstić information content (AvgIpc) is 1.99. The van der Waals surface area contributed by atoms with Crippen molar-refractivity contribution in [1.29, 1.82) is 0 Å². The smallest absolute Gasteiger partial charge is 0.165 e. The van der Waals surface area contributed by atoms with E-state index in [1.54, 1.807) is 6.08 Å². The SMILES string of the molecule is C=CC(=C)/C(N=C)=N\SC. The van der Waals surface area contributed by atoms with E-state index in [9.17, 15) is 0 Å². The molecule has 3 heteroatoms. The van der Waals surface area contributed by atoms with Gasteiger partial charge in [-0.25, -0.2) is 4.99 Å². The predicted molar refractivity (Wildman–Crippen MR) is 49.8 cm³/mol. The topological polar surface area (TPSA) is 24.7 Å². The lowest BCUT2D eigenvalue weighted by Gasteiger charge is -1.94. The summed E-state index contributed by atoms with van der Waals surface area (Å²) in [5.41, 5.74) is 0.698. The molecule has 0 atom stereocenters. The van der Waals surface area contributed by atoms with Crippen molar-refractivity contribution in [3.8, 4) is 0 Å². The minimum Gasteiger partial charge on any atom is -0.244 e. The quantitative estimate of drug-likeness (QED) is 0.264. The van der Waals surface area contributed by atoms with Gasteiger partial charge in [0.25, 0.3) is 0 Å². The molecule has 0 aliphatic rings. The maximum atomic E-state index is 3.95. The lowest BCUT2D eigenvalue weighted by atomic mass is 10.3. The van der Waals surface area contributed by atoms with E-state index in [-0.39, 0.29) is 0 Å². The third-order valence-electron chi connectivity index (χ3n) is 0.861. The molecular formula is C7H10N2S. The molecule has 0 heterocycles. The lowest BCUT2D eigenvalue weighted by Crippen LogP contribution is -1.92. The summed E-state index contributed by atoms with van der Waals surface area (Å²) in [7, 11) is 0. The molecule has 0 spiro atoms. The molecule has 0 N–H and O–H groups in total. The molecule has 0 bridgehead atoms. The van der Waals surface area contributed by atoms with Crippen molar-refractivity contribution in [2.75, 3.05) is 6.26 Å². The van der Waals surface area contributed by atoms with E-state index in [4.69, 9.17) is 0 Å². The van der Waals surface area contributed by atoms with Gasteiger partial charge in [0.1, 0.15) is 0 Å². The first-order valence-electron chi connectivity index (χ1n) is 2.65. The largest absolute Gasteiger partial charge is 0.244 e. The van der Waals surface area contributed by atoms with Crippen LogP contribution in [0.4, 0.5) is 0 Å². The normalized spacial score (nSPS) is 10.7. The van der Waals surface area contributed by atoms with E-state index in [1.807, 2.05) is 6.26 Å². The lowest BCUT2D eigenvalue weighted by molar-refractivity contribution is 1.63. The third-order valence-corrected chi connectivity index (χ3v) is 1.22. The summed E-state index contributed by atoms with van der Waals surface area (Å²) < 4.78 is 3.95. The van der Waals surface area contributed by atoms with Gasteiger partial charge in [-0.15, -0.1) is 0 Å². The van der Waals surface area contributed by atoms with Gasteiger partial charge in [0.15, 0.2) is 5.84 Å². The highest BCUT2D eigenvalue weighted by Crippen LogP contribution is 2.03. The molecular weight excluding hydrogens is 144 g/mol. The molecule has 0 aliphatic heterocycles. The Bertz CT molecular complexity index is 182. The summed E-state index contributed by atoms with van der Waals surface area (Å²) in [4.78, 5) is 3.66. The fourth-order valence-electron chi connectivity index (χ4n) is 0.367. The number of hydrogen-bond acceptors (Lipinski definition) is 2. The zero-order chi connectivity index (χ0) is 7.98. The van der Waals surface area contributed by atoms with E-state index < -0.39 is 0 Å². The van der Waals surface area contributed by atoms with Gasteiger partial charge in [0.05, 0.1) is 0 Å². The van der Waals surface area contributed by atoms with Crippen molar-refractivity contribution in [2.45, 2.75) is 0 Å². The Labute approximate surface area is 65.6 Å². The number of nitrogens with zero attached hydrogens (tertiary/aromatic N) is 2. The Morgan fingerprint density at radius 2 is 2.20 bits per heavy atom. The Morgan fingerprint density at radius 1 is 1.60 bits per heavy atom. The Morgan fingerprint density at radius 3 is 2.50 bits per heavy atom. The van der Waals surface area contributed by atoms with Crippen LogP contribution in [-0.2, 0) is 0 Å². The highest BCUT2D eigenvalue weighted by Gasteiger charge is 1.94. The van der Waals surface area contributed by atoms with Gasteiger partial charge in [-0.05, 0) is 18.7 Å². The monoisotopic (exact) mass is 154 g/mol. The van der Waals surface area contributed by atoms with Crippen molar-refractivity contribution in [1.82, 2.24) is 0 Å². The molecule has 0 saturated carbocycles. The second kappa shape index (κ2) is 4.99. The van der Waals surface area contributed by atoms with Crippen LogP contribution in [0.3, 0.4) is 0 Å². The number of aliphatic imine (C=N–C) groups is 1. The van der Waals surface area contributed by atoms with Crippen LogP contribution < -0.4 is 0 Å². The van der Waals surface area contributed by atoms with Crippen LogP contribution in [0.15, 0.2) is 34.2 Å². The molecule has 0 unspecified atom stereocenters. The molecule has 54 valence electrons. The van der Waals surface area contributed by atoms with Crippen LogP contribution in [0.25, 0.3) is 0 Å². The van der Waals surface area contributed by atoms with E-state index >= 15 is 0 Å². The van der Waals surface area contributed by atoms with Crippen molar-refractivity contribution >= 4 is 24.5 Å². The first-order chi connectivity index (χ1) is 4.76. The number of hydrogen-bond donors (Lipinski definition) is 0. The molecule has 2 nitrogen and oxygen atoms in total. The molecule has 0 aliphatic carbocycles.